The Kier molecular flexibility index (Phi) is 4.26. The highest BCUT2D eigenvalue weighted by molar-refractivity contribution is 7.80. The number of thiocarbonyl (C=S) groups is 1. The van der Waals surface area contributed by atoms with E-state index in [9.17, 15) is 4.79 Å². The van der Waals surface area contributed by atoms with Gasteiger partial charge in [-0.1, -0.05) is 49.0 Å². The van der Waals surface area contributed by atoms with Crippen molar-refractivity contribution in [2.24, 2.45) is 5.92 Å². The molecular formula is C14H17NOS. The molecular weight excluding hydrogens is 230 g/mol. The molecule has 0 aromatic heterocycles. The molecule has 0 aliphatic carbocycles. The number of carbonyl (C=O) groups is 1. The molecule has 90 valence electrons. The van der Waals surface area contributed by atoms with Gasteiger partial charge in [-0.05, 0) is 18.4 Å². The second-order valence-electron chi connectivity index (χ2n) is 4.48. The fourth-order valence-corrected chi connectivity index (χ4v) is 2.55. The Labute approximate surface area is 108 Å². The van der Waals surface area contributed by atoms with Crippen LogP contribution < -0.4 is 0 Å². The molecule has 0 radical (unpaired) electrons. The highest BCUT2D eigenvalue weighted by Gasteiger charge is 2.22. The van der Waals surface area contributed by atoms with Gasteiger partial charge in [0.25, 0.3) is 0 Å². The Morgan fingerprint density at radius 1 is 1.29 bits per heavy atom. The predicted molar refractivity (Wildman–Crippen MR) is 72.9 cm³/mol. The van der Waals surface area contributed by atoms with Gasteiger partial charge in [-0.25, -0.2) is 0 Å². The van der Waals surface area contributed by atoms with Crippen LogP contribution in [0, 0.1) is 5.92 Å². The van der Waals surface area contributed by atoms with Crippen LogP contribution >= 0.6 is 12.2 Å². The van der Waals surface area contributed by atoms with Crippen LogP contribution in [-0.4, -0.2) is 22.7 Å². The molecule has 17 heavy (non-hydrogen) atoms. The Bertz CT molecular complexity index is 390. The molecule has 1 aliphatic rings. The van der Waals surface area contributed by atoms with Crippen LogP contribution in [0.5, 0.6) is 0 Å². The van der Waals surface area contributed by atoms with E-state index in [2.05, 4.69) is 17.0 Å². The van der Waals surface area contributed by atoms with Crippen molar-refractivity contribution in [3.63, 3.8) is 0 Å². The average Bonchev–Trinajstić information content (AvgIpc) is 2.54. The van der Waals surface area contributed by atoms with Crippen molar-refractivity contribution >= 4 is 23.5 Å². The van der Waals surface area contributed by atoms with E-state index in [0.29, 0.717) is 0 Å². The van der Waals surface area contributed by atoms with Gasteiger partial charge in [-0.15, -0.1) is 0 Å². The van der Waals surface area contributed by atoms with Crippen LogP contribution in [0.4, 0.5) is 0 Å². The Morgan fingerprint density at radius 3 is 2.76 bits per heavy atom. The summed E-state index contributed by atoms with van der Waals surface area (Å²) >= 11 is 5.43. The van der Waals surface area contributed by atoms with Crippen molar-refractivity contribution < 1.29 is 4.79 Å². The second kappa shape index (κ2) is 5.92. The summed E-state index contributed by atoms with van der Waals surface area (Å²) in [6.45, 7) is 1.79. The van der Waals surface area contributed by atoms with Crippen molar-refractivity contribution in [2.45, 2.75) is 25.8 Å². The summed E-state index contributed by atoms with van der Waals surface area (Å²) < 4.78 is 0. The molecule has 1 aromatic carbocycles. The average molecular weight is 247 g/mol. The minimum Gasteiger partial charge on any atom is -0.361 e. The lowest BCUT2D eigenvalue weighted by Gasteiger charge is -2.25. The number of benzene rings is 1. The van der Waals surface area contributed by atoms with Crippen molar-refractivity contribution in [2.75, 3.05) is 6.54 Å². The van der Waals surface area contributed by atoms with E-state index in [0.717, 1.165) is 43.6 Å². The molecule has 1 heterocycles. The highest BCUT2D eigenvalue weighted by atomic mass is 32.1. The quantitative estimate of drug-likeness (QED) is 0.605. The van der Waals surface area contributed by atoms with Gasteiger partial charge in [0, 0.05) is 13.1 Å². The van der Waals surface area contributed by atoms with E-state index in [1.165, 1.54) is 5.56 Å². The van der Waals surface area contributed by atoms with Crippen molar-refractivity contribution in [3.05, 3.63) is 35.9 Å². The third-order valence-corrected chi connectivity index (χ3v) is 3.76. The molecule has 3 heteroatoms. The van der Waals surface area contributed by atoms with Gasteiger partial charge in [-0.3, -0.25) is 0 Å². The first-order chi connectivity index (χ1) is 8.31. The van der Waals surface area contributed by atoms with E-state index in [-0.39, 0.29) is 5.92 Å². The lowest BCUT2D eigenvalue weighted by Crippen LogP contribution is -2.33. The lowest BCUT2D eigenvalue weighted by atomic mass is 10.1. The van der Waals surface area contributed by atoms with Crippen LogP contribution in [0.15, 0.2) is 30.3 Å². The second-order valence-corrected chi connectivity index (χ2v) is 4.90. The van der Waals surface area contributed by atoms with Crippen molar-refractivity contribution in [1.82, 2.24) is 4.90 Å². The van der Waals surface area contributed by atoms with E-state index in [1.807, 2.05) is 18.2 Å². The number of hydrogen-bond acceptors (Lipinski definition) is 2. The number of nitrogens with zero attached hydrogens (tertiary/aromatic N) is 1. The van der Waals surface area contributed by atoms with Crippen LogP contribution in [0.3, 0.4) is 0 Å². The van der Waals surface area contributed by atoms with Crippen LogP contribution in [-0.2, 0) is 11.3 Å². The topological polar surface area (TPSA) is 20.3 Å². The molecule has 1 unspecified atom stereocenters. The molecule has 1 aliphatic heterocycles. The van der Waals surface area contributed by atoms with Gasteiger partial charge in [0.15, 0.2) is 0 Å². The molecule has 1 fully saturated rings. The molecule has 0 bridgehead atoms. The van der Waals surface area contributed by atoms with E-state index in [1.54, 1.807) is 0 Å². The van der Waals surface area contributed by atoms with Gasteiger partial charge in [0.1, 0.15) is 6.29 Å². The summed E-state index contributed by atoms with van der Waals surface area (Å²) in [4.78, 5) is 14.0. The summed E-state index contributed by atoms with van der Waals surface area (Å²) in [6.07, 6.45) is 4.13. The molecule has 0 N–H and O–H groups in total. The highest BCUT2D eigenvalue weighted by Crippen LogP contribution is 2.19. The number of likely N-dealkylation sites (tertiary alicyclic amines) is 1. The van der Waals surface area contributed by atoms with E-state index < -0.39 is 0 Å². The Hall–Kier alpha value is -1.22. The monoisotopic (exact) mass is 247 g/mol. The first kappa shape index (κ1) is 12.2. The molecule has 0 saturated carbocycles. The maximum Gasteiger partial charge on any atom is 0.129 e. The minimum absolute atomic E-state index is 0.0591. The summed E-state index contributed by atoms with van der Waals surface area (Å²) in [6, 6.07) is 10.3. The van der Waals surface area contributed by atoms with Crippen LogP contribution in [0.1, 0.15) is 24.8 Å². The first-order valence-corrected chi connectivity index (χ1v) is 6.50. The molecule has 1 atom stereocenters. The van der Waals surface area contributed by atoms with E-state index in [4.69, 9.17) is 12.2 Å². The van der Waals surface area contributed by atoms with Gasteiger partial charge in [0.05, 0.1) is 10.9 Å². The maximum absolute atomic E-state index is 11.0. The summed E-state index contributed by atoms with van der Waals surface area (Å²) in [7, 11) is 0. The Balaban J connectivity index is 2.08. The number of rotatable bonds is 3. The van der Waals surface area contributed by atoms with Crippen LogP contribution in [0.25, 0.3) is 0 Å². The van der Waals surface area contributed by atoms with Gasteiger partial charge < -0.3 is 9.69 Å². The molecule has 1 saturated heterocycles. The zero-order valence-electron chi connectivity index (χ0n) is 9.84. The largest absolute Gasteiger partial charge is 0.361 e. The third kappa shape index (κ3) is 3.13. The number of carbonyl (C=O) groups excluding carboxylic acids is 1. The molecule has 0 amide bonds. The third-order valence-electron chi connectivity index (χ3n) is 3.20. The predicted octanol–water partition coefficient (Wildman–Crippen LogP) is 2.82. The fourth-order valence-electron chi connectivity index (χ4n) is 2.22. The van der Waals surface area contributed by atoms with E-state index >= 15 is 0 Å². The van der Waals surface area contributed by atoms with Gasteiger partial charge in [0.2, 0.25) is 0 Å². The van der Waals surface area contributed by atoms with Crippen molar-refractivity contribution in [1.29, 1.82) is 0 Å². The SMILES string of the molecule is O=CC1CCCCN(Cc2ccccc2)C1=S. The number of aldehydes is 1. The molecule has 2 nitrogen and oxygen atoms in total. The lowest BCUT2D eigenvalue weighted by molar-refractivity contribution is -0.109. The number of hydrogen-bond donors (Lipinski definition) is 0. The maximum atomic E-state index is 11.0. The zero-order valence-corrected chi connectivity index (χ0v) is 10.7. The standard InChI is InChI=1S/C14H17NOS/c16-11-13-8-4-5-9-15(14(13)17)10-12-6-2-1-3-7-12/h1-3,6-7,11,13H,4-5,8-10H2. The fraction of sp³-hybridized carbons (Fsp3) is 0.429. The molecule has 2 rings (SSSR count). The molecule has 0 spiro atoms. The smallest absolute Gasteiger partial charge is 0.129 e. The molecule has 1 aromatic rings. The summed E-state index contributed by atoms with van der Waals surface area (Å²) in [5.41, 5.74) is 1.25. The Morgan fingerprint density at radius 2 is 2.06 bits per heavy atom. The normalized spacial score (nSPS) is 21.1. The van der Waals surface area contributed by atoms with Crippen molar-refractivity contribution in [3.8, 4) is 0 Å². The zero-order chi connectivity index (χ0) is 12.1. The minimum atomic E-state index is -0.0591. The van der Waals surface area contributed by atoms with Gasteiger partial charge >= 0.3 is 0 Å². The van der Waals surface area contributed by atoms with Gasteiger partial charge in [-0.2, -0.15) is 0 Å². The summed E-state index contributed by atoms with van der Waals surface area (Å²) in [5, 5.41) is 0. The first-order valence-electron chi connectivity index (χ1n) is 6.09. The van der Waals surface area contributed by atoms with Crippen LogP contribution in [0.2, 0.25) is 0 Å². The summed E-state index contributed by atoms with van der Waals surface area (Å²) in [5.74, 6) is -0.0591.